The summed E-state index contributed by atoms with van der Waals surface area (Å²) >= 11 is 0. The molecule has 10 aromatic carbocycles. The SMILES string of the molecule is [2H]c1c([2H])c([2H])c(-c2c3c([2H])c([2H])c([2H])c([2H])c3c(-c3ccc4cc(-c5ccc6c(c5)oc5c(-c7ccc8ccccc8c7)cccc56)ccc4c3)c3c([2H])c([2H])c([2H])c([2H])c23)c([2H])c1[2H]. The molecule has 0 aliphatic rings. The molecule has 0 radical (unpaired) electrons. The lowest BCUT2D eigenvalue weighted by Crippen LogP contribution is -1.90. The van der Waals surface area contributed by atoms with Gasteiger partial charge in [-0.05, 0) is 112 Å². The van der Waals surface area contributed by atoms with Crippen LogP contribution in [-0.4, -0.2) is 0 Å². The van der Waals surface area contributed by atoms with Crippen LogP contribution in [0.5, 0.6) is 0 Å². The number of para-hydroxylation sites is 1. The Hall–Kier alpha value is -6.96. The molecule has 11 rings (SSSR count). The molecule has 0 N–H and O–H groups in total. The van der Waals surface area contributed by atoms with E-state index in [1.165, 1.54) is 0 Å². The summed E-state index contributed by atoms with van der Waals surface area (Å²) in [6, 6.07) is 29.9. The van der Waals surface area contributed by atoms with Crippen molar-refractivity contribution in [1.29, 1.82) is 0 Å². The van der Waals surface area contributed by atoms with Crippen LogP contribution in [0.4, 0.5) is 0 Å². The number of rotatable bonds is 4. The quantitative estimate of drug-likeness (QED) is 0.168. The molecule has 1 aromatic heterocycles. The van der Waals surface area contributed by atoms with Crippen LogP contribution in [0.1, 0.15) is 17.8 Å². The number of hydrogen-bond acceptors (Lipinski definition) is 1. The Morgan fingerprint density at radius 3 is 1.60 bits per heavy atom. The van der Waals surface area contributed by atoms with E-state index in [4.69, 9.17) is 16.8 Å². The van der Waals surface area contributed by atoms with Crippen molar-refractivity contribution < 1.29 is 22.2 Å². The third kappa shape index (κ3) is 4.79. The molecule has 0 fully saturated rings. The van der Waals surface area contributed by atoms with Crippen LogP contribution in [0.15, 0.2) is 198 Å². The first-order valence-electron chi connectivity index (χ1n) is 23.7. The van der Waals surface area contributed by atoms with Crippen molar-refractivity contribution >= 4 is 65.0 Å². The Morgan fingerprint density at radius 2 is 0.868 bits per heavy atom. The van der Waals surface area contributed by atoms with Crippen LogP contribution >= 0.6 is 0 Å². The van der Waals surface area contributed by atoms with Gasteiger partial charge in [-0.2, -0.15) is 0 Å². The average molecular weight is 686 g/mol. The van der Waals surface area contributed by atoms with Gasteiger partial charge in [0.2, 0.25) is 0 Å². The third-order valence-corrected chi connectivity index (χ3v) is 10.1. The molecule has 1 nitrogen and oxygen atoms in total. The second-order valence-corrected chi connectivity index (χ2v) is 13.1. The zero-order valence-corrected chi connectivity index (χ0v) is 27.9. The number of furan rings is 1. The second kappa shape index (κ2) is 11.8. The van der Waals surface area contributed by atoms with Gasteiger partial charge in [-0.15, -0.1) is 0 Å². The highest BCUT2D eigenvalue weighted by molar-refractivity contribution is 6.21. The molecular formula is C52H32O. The van der Waals surface area contributed by atoms with Gasteiger partial charge in [0.25, 0.3) is 0 Å². The largest absolute Gasteiger partial charge is 0.455 e. The molecule has 53 heavy (non-hydrogen) atoms. The first kappa shape index (κ1) is 19.6. The first-order chi connectivity index (χ1) is 31.7. The van der Waals surface area contributed by atoms with E-state index < -0.39 is 84.1 Å². The molecule has 11 aromatic rings. The van der Waals surface area contributed by atoms with Gasteiger partial charge in [-0.3, -0.25) is 0 Å². The van der Waals surface area contributed by atoms with E-state index in [9.17, 15) is 5.48 Å². The van der Waals surface area contributed by atoms with Crippen LogP contribution in [-0.2, 0) is 0 Å². The highest BCUT2D eigenvalue weighted by Crippen LogP contribution is 2.44. The molecule has 0 saturated heterocycles. The lowest BCUT2D eigenvalue weighted by atomic mass is 9.85. The van der Waals surface area contributed by atoms with Gasteiger partial charge < -0.3 is 4.42 Å². The van der Waals surface area contributed by atoms with Gasteiger partial charge >= 0.3 is 0 Å². The molecule has 0 atom stereocenters. The molecule has 1 heteroatoms. The Bertz CT molecular complexity index is 3880. The van der Waals surface area contributed by atoms with E-state index in [2.05, 4.69) is 48.5 Å². The minimum Gasteiger partial charge on any atom is -0.455 e. The van der Waals surface area contributed by atoms with Crippen molar-refractivity contribution in [2.24, 2.45) is 0 Å². The van der Waals surface area contributed by atoms with E-state index in [1.807, 2.05) is 54.6 Å². The van der Waals surface area contributed by atoms with E-state index >= 15 is 0 Å². The van der Waals surface area contributed by atoms with Crippen molar-refractivity contribution in [2.45, 2.75) is 0 Å². The van der Waals surface area contributed by atoms with Crippen LogP contribution in [0.3, 0.4) is 0 Å². The van der Waals surface area contributed by atoms with E-state index in [1.54, 1.807) is 12.1 Å². The summed E-state index contributed by atoms with van der Waals surface area (Å²) in [5.74, 6) is 0. The van der Waals surface area contributed by atoms with Crippen LogP contribution in [0.2, 0.25) is 0 Å². The first-order valence-corrected chi connectivity index (χ1v) is 17.2. The van der Waals surface area contributed by atoms with Crippen LogP contribution in [0.25, 0.3) is 110 Å². The monoisotopic (exact) mass is 685 g/mol. The Kier molecular flexibility index (Phi) is 4.36. The van der Waals surface area contributed by atoms with Crippen molar-refractivity contribution in [3.8, 4) is 44.5 Å². The molecule has 246 valence electrons. The average Bonchev–Trinajstić information content (AvgIpc) is 3.72. The highest BCUT2D eigenvalue weighted by Gasteiger charge is 2.17. The lowest BCUT2D eigenvalue weighted by molar-refractivity contribution is 0.670. The highest BCUT2D eigenvalue weighted by atomic mass is 16.3. The molecule has 0 spiro atoms. The van der Waals surface area contributed by atoms with Gasteiger partial charge in [-0.25, -0.2) is 0 Å². The zero-order valence-electron chi connectivity index (χ0n) is 40.9. The van der Waals surface area contributed by atoms with Gasteiger partial charge in [0.05, 0.1) is 17.8 Å². The topological polar surface area (TPSA) is 13.1 Å². The standard InChI is InChI=1S/C52H32O/c1-2-12-34(13-3-1)50-44-15-6-8-17-46(44)51(47-18-9-7-16-45(47)50)41-26-24-36-29-37(22-23-38(36)31-41)39-27-28-43-48-20-10-19-42(52(48)53-49(43)32-39)40-25-21-33-11-4-5-14-35(33)30-40/h1-32H/i1D,2D,3D,6D,7D,8D,9D,12D,13D,15D,16D,17D,18D. The summed E-state index contributed by atoms with van der Waals surface area (Å²) in [6.45, 7) is 0. The maximum absolute atomic E-state index is 9.27. The molecule has 0 bridgehead atoms. The van der Waals surface area contributed by atoms with E-state index in [-0.39, 0.29) is 32.7 Å². The lowest BCUT2D eigenvalue weighted by Gasteiger charge is -2.18. The second-order valence-electron chi connectivity index (χ2n) is 13.1. The van der Waals surface area contributed by atoms with Gasteiger partial charge in [0, 0.05) is 16.3 Å². The zero-order chi connectivity index (χ0) is 46.2. The molecule has 0 aliphatic heterocycles. The minimum atomic E-state index is -0.712. The fourth-order valence-corrected chi connectivity index (χ4v) is 7.68. The summed E-state index contributed by atoms with van der Waals surface area (Å²) in [5.41, 5.74) is 5.08. The summed E-state index contributed by atoms with van der Waals surface area (Å²) in [7, 11) is 0. The van der Waals surface area contributed by atoms with Gasteiger partial charge in [0.15, 0.2) is 0 Å². The molecule has 0 aliphatic carbocycles. The van der Waals surface area contributed by atoms with Crippen molar-refractivity contribution in [2.75, 3.05) is 0 Å². The van der Waals surface area contributed by atoms with Gasteiger partial charge in [-0.1, -0.05) is 163 Å². The normalized spacial score (nSPS) is 15.2. The maximum Gasteiger partial charge on any atom is 0.143 e. The number of hydrogen-bond donors (Lipinski definition) is 0. The molecule has 0 unspecified atom stereocenters. The fourth-order valence-electron chi connectivity index (χ4n) is 7.68. The van der Waals surface area contributed by atoms with E-state index in [0.717, 1.165) is 65.7 Å². The van der Waals surface area contributed by atoms with Crippen molar-refractivity contribution in [3.05, 3.63) is 194 Å². The van der Waals surface area contributed by atoms with Crippen molar-refractivity contribution in [1.82, 2.24) is 0 Å². The number of fused-ring (bicyclic) bond motifs is 7. The smallest absolute Gasteiger partial charge is 0.143 e. The van der Waals surface area contributed by atoms with Crippen LogP contribution in [0, 0.1) is 0 Å². The molecular weight excluding hydrogens is 641 g/mol. The predicted octanol–water partition coefficient (Wildman–Crippen LogP) is 14.9. The van der Waals surface area contributed by atoms with E-state index in [0.29, 0.717) is 5.56 Å². The third-order valence-electron chi connectivity index (χ3n) is 10.1. The fraction of sp³-hybridized carbons (Fsp3) is 0. The van der Waals surface area contributed by atoms with Crippen LogP contribution < -0.4 is 0 Å². The minimum absolute atomic E-state index is 0.0829. The Morgan fingerprint density at radius 1 is 0.340 bits per heavy atom. The number of benzene rings is 10. The predicted molar refractivity (Wildman–Crippen MR) is 225 cm³/mol. The Balaban J connectivity index is 1.11. The van der Waals surface area contributed by atoms with Crippen molar-refractivity contribution in [3.63, 3.8) is 0 Å². The van der Waals surface area contributed by atoms with Gasteiger partial charge in [0.1, 0.15) is 11.2 Å². The molecule has 1 heterocycles. The molecule has 0 saturated carbocycles. The summed E-state index contributed by atoms with van der Waals surface area (Å²) < 4.78 is 121. The Labute approximate surface area is 325 Å². The summed E-state index contributed by atoms with van der Waals surface area (Å²) in [6.07, 6.45) is 0. The molecule has 0 amide bonds. The maximum atomic E-state index is 9.27. The summed E-state index contributed by atoms with van der Waals surface area (Å²) in [5, 5.41) is 5.08. The summed E-state index contributed by atoms with van der Waals surface area (Å²) in [4.78, 5) is 0.